The fourth-order valence-corrected chi connectivity index (χ4v) is 5.60. The van der Waals surface area contributed by atoms with Crippen LogP contribution in [-0.4, -0.2) is 63.0 Å². The molecule has 2 aromatic heterocycles. The number of para-hydroxylation sites is 1. The highest BCUT2D eigenvalue weighted by Gasteiger charge is 2.15. The van der Waals surface area contributed by atoms with Crippen LogP contribution in [0.1, 0.15) is 41.7 Å². The van der Waals surface area contributed by atoms with Gasteiger partial charge < -0.3 is 4.74 Å². The van der Waals surface area contributed by atoms with E-state index in [1.54, 1.807) is 0 Å². The van der Waals surface area contributed by atoms with Gasteiger partial charge in [-0.3, -0.25) is 24.3 Å². The van der Waals surface area contributed by atoms with E-state index in [-0.39, 0.29) is 5.91 Å². The van der Waals surface area contributed by atoms with Gasteiger partial charge in [0.2, 0.25) is 5.95 Å². The van der Waals surface area contributed by atoms with Gasteiger partial charge in [-0.15, -0.1) is 0 Å². The first-order valence-electron chi connectivity index (χ1n) is 14.9. The number of benzene rings is 3. The molecule has 216 valence electrons. The smallest absolute Gasteiger partial charge is 0.258 e. The van der Waals surface area contributed by atoms with Gasteiger partial charge in [0, 0.05) is 43.0 Å². The molecule has 0 saturated carbocycles. The van der Waals surface area contributed by atoms with Crippen molar-refractivity contribution in [3.05, 3.63) is 96.4 Å². The Morgan fingerprint density at radius 3 is 2.57 bits per heavy atom. The molecule has 1 N–H and O–H groups in total. The maximum atomic E-state index is 13.5. The number of unbranched alkanes of at least 4 members (excludes halogenated alkanes) is 3. The third kappa shape index (κ3) is 6.61. The molecule has 0 atom stereocenters. The minimum absolute atomic E-state index is 0.184. The van der Waals surface area contributed by atoms with Gasteiger partial charge in [-0.1, -0.05) is 49.2 Å². The molecule has 8 nitrogen and oxygen atoms in total. The van der Waals surface area contributed by atoms with Crippen molar-refractivity contribution < 1.29 is 9.53 Å². The van der Waals surface area contributed by atoms with Crippen molar-refractivity contribution in [1.82, 2.24) is 24.2 Å². The molecule has 8 heteroatoms. The second kappa shape index (κ2) is 13.1. The number of fused-ring (bicyclic) bond motifs is 1. The number of carbonyl (C=O) groups excluding carboxylic acids is 1. The molecule has 0 radical (unpaired) electrons. The van der Waals surface area contributed by atoms with Crippen molar-refractivity contribution in [3.63, 3.8) is 0 Å². The molecule has 1 aliphatic rings. The molecule has 5 aromatic rings. The van der Waals surface area contributed by atoms with Crippen molar-refractivity contribution >= 4 is 22.8 Å². The van der Waals surface area contributed by atoms with E-state index in [0.717, 1.165) is 79.1 Å². The van der Waals surface area contributed by atoms with Crippen molar-refractivity contribution in [2.45, 2.75) is 32.1 Å². The second-order valence-electron chi connectivity index (χ2n) is 11.0. The predicted molar refractivity (Wildman–Crippen MR) is 167 cm³/mol. The molecule has 0 aliphatic carbocycles. The molecule has 0 bridgehead atoms. The van der Waals surface area contributed by atoms with E-state index in [0.29, 0.717) is 11.5 Å². The molecular weight excluding hydrogens is 524 g/mol. The SMILES string of the molecule is Cn1ncc2cc(-c3cccc(C(=O)Nc4nc(CCCCCCN5CCOCC5)cn4-c4ccccc4)c3)ccc21. The van der Waals surface area contributed by atoms with Crippen LogP contribution in [0.25, 0.3) is 27.7 Å². The average molecular weight is 563 g/mol. The summed E-state index contributed by atoms with van der Waals surface area (Å²) < 4.78 is 9.28. The Bertz CT molecular complexity index is 1630. The predicted octanol–water partition coefficient (Wildman–Crippen LogP) is 6.11. The number of anilines is 1. The molecule has 6 rings (SSSR count). The van der Waals surface area contributed by atoms with E-state index < -0.39 is 0 Å². The molecular formula is C34H38N6O2. The number of rotatable bonds is 11. The lowest BCUT2D eigenvalue weighted by molar-refractivity contribution is 0.0371. The van der Waals surface area contributed by atoms with E-state index in [9.17, 15) is 4.79 Å². The summed E-state index contributed by atoms with van der Waals surface area (Å²) in [6.45, 7) is 4.97. The third-order valence-corrected chi connectivity index (χ3v) is 7.98. The molecule has 0 unspecified atom stereocenters. The van der Waals surface area contributed by atoms with E-state index in [2.05, 4.69) is 39.7 Å². The van der Waals surface area contributed by atoms with E-state index in [4.69, 9.17) is 9.72 Å². The average Bonchev–Trinajstić information content (AvgIpc) is 3.62. The van der Waals surface area contributed by atoms with Gasteiger partial charge in [-0.05, 0) is 73.3 Å². The summed E-state index contributed by atoms with van der Waals surface area (Å²) in [6, 6.07) is 24.0. The lowest BCUT2D eigenvalue weighted by Crippen LogP contribution is -2.36. The summed E-state index contributed by atoms with van der Waals surface area (Å²) in [5, 5.41) is 8.50. The van der Waals surface area contributed by atoms with Crippen LogP contribution in [0.5, 0.6) is 0 Å². The standard InChI is InChI=1S/C34H38N6O2/c1-38-32-16-15-27(23-29(32)24-35-38)26-10-9-11-28(22-26)33(41)37-34-36-30(25-40(34)31-13-6-4-7-14-31)12-5-2-3-8-17-39-18-20-42-21-19-39/h4,6-7,9-11,13-16,22-25H,2-3,5,8,12,17-21H2,1H3,(H,36,37,41). The first-order chi connectivity index (χ1) is 20.6. The van der Waals surface area contributed by atoms with Gasteiger partial charge in [0.1, 0.15) is 0 Å². The Morgan fingerprint density at radius 2 is 1.71 bits per heavy atom. The third-order valence-electron chi connectivity index (χ3n) is 7.98. The Morgan fingerprint density at radius 1 is 0.905 bits per heavy atom. The van der Waals surface area contributed by atoms with Crippen LogP contribution in [-0.2, 0) is 18.2 Å². The maximum Gasteiger partial charge on any atom is 0.258 e. The fraction of sp³-hybridized carbons (Fsp3) is 0.324. The maximum absolute atomic E-state index is 13.5. The second-order valence-corrected chi connectivity index (χ2v) is 11.0. The number of aromatic nitrogens is 4. The van der Waals surface area contributed by atoms with Crippen LogP contribution < -0.4 is 5.32 Å². The zero-order valence-electron chi connectivity index (χ0n) is 24.2. The first-order valence-corrected chi connectivity index (χ1v) is 14.9. The normalized spacial score (nSPS) is 13.9. The zero-order chi connectivity index (χ0) is 28.7. The Balaban J connectivity index is 1.12. The lowest BCUT2D eigenvalue weighted by Gasteiger charge is -2.26. The molecule has 1 aliphatic heterocycles. The summed E-state index contributed by atoms with van der Waals surface area (Å²) >= 11 is 0. The zero-order valence-corrected chi connectivity index (χ0v) is 24.2. The highest BCUT2D eigenvalue weighted by molar-refractivity contribution is 6.04. The van der Waals surface area contributed by atoms with Crippen LogP contribution in [0, 0.1) is 0 Å². The molecule has 3 aromatic carbocycles. The molecule has 3 heterocycles. The number of hydrogen-bond acceptors (Lipinski definition) is 5. The van der Waals surface area contributed by atoms with Gasteiger partial charge in [0.05, 0.1) is 30.6 Å². The van der Waals surface area contributed by atoms with Crippen LogP contribution in [0.3, 0.4) is 0 Å². The van der Waals surface area contributed by atoms with Crippen molar-refractivity contribution in [2.24, 2.45) is 7.05 Å². The lowest BCUT2D eigenvalue weighted by atomic mass is 10.0. The van der Waals surface area contributed by atoms with Crippen molar-refractivity contribution in [2.75, 3.05) is 38.2 Å². The molecule has 1 saturated heterocycles. The monoisotopic (exact) mass is 562 g/mol. The highest BCUT2D eigenvalue weighted by atomic mass is 16.5. The highest BCUT2D eigenvalue weighted by Crippen LogP contribution is 2.26. The van der Waals surface area contributed by atoms with Crippen LogP contribution in [0.15, 0.2) is 85.2 Å². The number of morpholine rings is 1. The number of nitrogens with one attached hydrogen (secondary N) is 1. The minimum atomic E-state index is -0.184. The van der Waals surface area contributed by atoms with E-state index in [1.807, 2.05) is 77.1 Å². The first kappa shape index (κ1) is 27.9. The van der Waals surface area contributed by atoms with E-state index in [1.165, 1.54) is 19.3 Å². The number of aryl methyl sites for hydroxylation is 2. The fourth-order valence-electron chi connectivity index (χ4n) is 5.60. The van der Waals surface area contributed by atoms with Crippen LogP contribution >= 0.6 is 0 Å². The van der Waals surface area contributed by atoms with Crippen LogP contribution in [0.4, 0.5) is 5.95 Å². The van der Waals surface area contributed by atoms with Gasteiger partial charge in [0.25, 0.3) is 5.91 Å². The van der Waals surface area contributed by atoms with Crippen LogP contribution in [0.2, 0.25) is 0 Å². The Hall–Kier alpha value is -4.27. The van der Waals surface area contributed by atoms with Gasteiger partial charge in [0.15, 0.2) is 0 Å². The van der Waals surface area contributed by atoms with E-state index >= 15 is 0 Å². The molecule has 42 heavy (non-hydrogen) atoms. The molecule has 1 fully saturated rings. The largest absolute Gasteiger partial charge is 0.379 e. The van der Waals surface area contributed by atoms with Gasteiger partial charge in [-0.2, -0.15) is 5.10 Å². The minimum Gasteiger partial charge on any atom is -0.379 e. The number of amides is 1. The number of ether oxygens (including phenoxy) is 1. The topological polar surface area (TPSA) is 77.2 Å². The van der Waals surface area contributed by atoms with Gasteiger partial charge in [-0.25, -0.2) is 4.98 Å². The summed E-state index contributed by atoms with van der Waals surface area (Å²) in [4.78, 5) is 20.8. The number of carbonyl (C=O) groups is 1. The summed E-state index contributed by atoms with van der Waals surface area (Å²) in [5.41, 5.74) is 5.64. The van der Waals surface area contributed by atoms with Crippen molar-refractivity contribution in [1.29, 1.82) is 0 Å². The number of imidazole rings is 1. The quantitative estimate of drug-likeness (QED) is 0.197. The Labute approximate surface area is 246 Å². The molecule has 1 amide bonds. The molecule has 0 spiro atoms. The number of hydrogen-bond donors (Lipinski definition) is 1. The summed E-state index contributed by atoms with van der Waals surface area (Å²) in [6.07, 6.45) is 9.47. The summed E-state index contributed by atoms with van der Waals surface area (Å²) in [7, 11) is 1.94. The van der Waals surface area contributed by atoms with Gasteiger partial charge >= 0.3 is 0 Å². The number of nitrogens with zero attached hydrogens (tertiary/aromatic N) is 5. The van der Waals surface area contributed by atoms with Crippen molar-refractivity contribution in [3.8, 4) is 16.8 Å². The summed E-state index contributed by atoms with van der Waals surface area (Å²) in [5.74, 6) is 0.354. The Kier molecular flexibility index (Phi) is 8.72.